The van der Waals surface area contributed by atoms with Crippen LogP contribution in [0.4, 0.5) is 17.1 Å². The minimum atomic E-state index is -2.69. The van der Waals surface area contributed by atoms with E-state index in [4.69, 9.17) is 11.1 Å². The standard InChI is InChI=1S/C44H75ClN3Si4/c1-30(2)36-24-21-25-37(31(3)4)42(36)46(50(13,14)15)49(45)47(43-38(32(5)6)26-22-27-39(43)33(7)8)52(19,20)48(51(16,17)18)44-40(34(9)10)28-23-29-41(44)35(11)12/h21-35H,1-20H3. The van der Waals surface area contributed by atoms with Crippen LogP contribution in [0.1, 0.15) is 152 Å². The molecule has 3 nitrogen and oxygen atoms in total. The fourth-order valence-corrected chi connectivity index (χ4v) is 30.0. The Balaban J connectivity index is 2.70. The smallest absolute Gasteiger partial charge is 0.398 e. The molecule has 0 unspecified atom stereocenters. The van der Waals surface area contributed by atoms with Gasteiger partial charge in [0, 0.05) is 17.1 Å². The van der Waals surface area contributed by atoms with Gasteiger partial charge < -0.3 is 12.7 Å². The molecule has 0 spiro atoms. The minimum Gasteiger partial charge on any atom is -0.409 e. The molecule has 0 heterocycles. The third kappa shape index (κ3) is 9.18. The van der Waals surface area contributed by atoms with Gasteiger partial charge in [-0.1, -0.05) is 177 Å². The topological polar surface area (TPSA) is 9.72 Å². The van der Waals surface area contributed by atoms with E-state index in [9.17, 15) is 0 Å². The number of hydrogen-bond acceptors (Lipinski definition) is 3. The lowest BCUT2D eigenvalue weighted by molar-refractivity contribution is 0.830. The van der Waals surface area contributed by atoms with Gasteiger partial charge in [-0.15, -0.1) is 11.1 Å². The van der Waals surface area contributed by atoms with Gasteiger partial charge in [0.05, 0.1) is 0 Å². The van der Waals surface area contributed by atoms with Gasteiger partial charge in [0.25, 0.3) is 0 Å². The predicted molar refractivity (Wildman–Crippen MR) is 247 cm³/mol. The summed E-state index contributed by atoms with van der Waals surface area (Å²) in [7, 11) is -8.80. The fraction of sp³-hybridized carbons (Fsp3) is 0.591. The highest BCUT2D eigenvalue weighted by Crippen LogP contribution is 2.48. The number of anilines is 3. The van der Waals surface area contributed by atoms with Crippen LogP contribution in [-0.2, 0) is 0 Å². The van der Waals surface area contributed by atoms with E-state index >= 15 is 0 Å². The van der Waals surface area contributed by atoms with Crippen LogP contribution >= 0.6 is 11.1 Å². The second kappa shape index (κ2) is 16.9. The molecule has 1 radical (unpaired) electrons. The van der Waals surface area contributed by atoms with Crippen LogP contribution in [-0.4, -0.2) is 33.3 Å². The maximum absolute atomic E-state index is 8.66. The Hall–Kier alpha value is -1.78. The maximum Gasteiger partial charge on any atom is 0.398 e. The molecule has 0 aliphatic heterocycles. The molecule has 0 bridgehead atoms. The zero-order chi connectivity index (χ0) is 39.8. The van der Waals surface area contributed by atoms with Crippen molar-refractivity contribution < 1.29 is 0 Å². The molecule has 0 fully saturated rings. The molecule has 0 N–H and O–H groups in total. The Kier molecular flexibility index (Phi) is 14.5. The number of hydrogen-bond donors (Lipinski definition) is 0. The van der Waals surface area contributed by atoms with Gasteiger partial charge in [0.15, 0.2) is 0 Å². The second-order valence-corrected chi connectivity index (χ2v) is 36.6. The monoisotopic (exact) mass is 792 g/mol. The highest BCUT2D eigenvalue weighted by atomic mass is 35.6. The van der Waals surface area contributed by atoms with E-state index in [1.54, 1.807) is 0 Å². The Bertz CT molecular complexity index is 1570. The molecule has 8 heteroatoms. The molecule has 0 aromatic heterocycles. The first-order valence-corrected chi connectivity index (χ1v) is 32.3. The van der Waals surface area contributed by atoms with Crippen molar-refractivity contribution in [3.63, 3.8) is 0 Å². The Morgan fingerprint density at radius 3 is 0.885 bits per heavy atom. The maximum atomic E-state index is 8.66. The summed E-state index contributed by atoms with van der Waals surface area (Å²) in [4.78, 5) is 0. The van der Waals surface area contributed by atoms with Crippen LogP contribution in [0.5, 0.6) is 0 Å². The first-order chi connectivity index (χ1) is 23.8. The average molecular weight is 794 g/mol. The quantitative estimate of drug-likeness (QED) is 0.112. The summed E-state index contributed by atoms with van der Waals surface area (Å²) in [6, 6.07) is 21.2. The van der Waals surface area contributed by atoms with Gasteiger partial charge in [-0.25, -0.2) is 0 Å². The van der Waals surface area contributed by atoms with Crippen molar-refractivity contribution in [3.8, 4) is 0 Å². The summed E-state index contributed by atoms with van der Waals surface area (Å²) < 4.78 is 8.82. The highest BCUT2D eigenvalue weighted by Gasteiger charge is 2.52. The number of benzene rings is 3. The Morgan fingerprint density at radius 1 is 0.404 bits per heavy atom. The third-order valence-electron chi connectivity index (χ3n) is 10.5. The molecule has 0 saturated carbocycles. The van der Waals surface area contributed by atoms with Crippen molar-refractivity contribution in [1.29, 1.82) is 0 Å². The van der Waals surface area contributed by atoms with Crippen LogP contribution in [0.3, 0.4) is 0 Å². The summed E-state index contributed by atoms with van der Waals surface area (Å²) in [5, 5.41) is 0. The van der Waals surface area contributed by atoms with Crippen molar-refractivity contribution in [2.24, 2.45) is 0 Å². The first-order valence-electron chi connectivity index (χ1n) is 20.1. The van der Waals surface area contributed by atoms with Gasteiger partial charge in [0.1, 0.15) is 16.5 Å². The molecule has 0 atom stereocenters. The van der Waals surface area contributed by atoms with Crippen molar-refractivity contribution in [1.82, 2.24) is 0 Å². The Labute approximate surface area is 331 Å². The normalized spacial score (nSPS) is 13.2. The summed E-state index contributed by atoms with van der Waals surface area (Å²) in [5.74, 6) is 2.30. The van der Waals surface area contributed by atoms with E-state index in [0.29, 0.717) is 35.5 Å². The van der Waals surface area contributed by atoms with E-state index < -0.39 is 33.3 Å². The van der Waals surface area contributed by atoms with E-state index in [2.05, 4.69) is 203 Å². The zero-order valence-electron chi connectivity index (χ0n) is 36.9. The molecular formula is C44H75ClN3Si4. The lowest BCUT2D eigenvalue weighted by Gasteiger charge is -2.58. The number of halogens is 1. The molecule has 52 heavy (non-hydrogen) atoms. The molecule has 289 valence electrons. The van der Waals surface area contributed by atoms with Gasteiger partial charge >= 0.3 is 8.43 Å². The third-order valence-corrected chi connectivity index (χ3v) is 27.9. The van der Waals surface area contributed by atoms with Crippen LogP contribution in [0.15, 0.2) is 54.6 Å². The molecule has 0 aliphatic rings. The zero-order valence-corrected chi connectivity index (χ0v) is 41.6. The van der Waals surface area contributed by atoms with Gasteiger partial charge in [-0.05, 0) is 82.0 Å². The van der Waals surface area contributed by atoms with E-state index in [1.165, 1.54) is 50.4 Å². The highest BCUT2D eigenvalue weighted by molar-refractivity contribution is 7.24. The van der Waals surface area contributed by atoms with Crippen molar-refractivity contribution in [2.45, 2.75) is 171 Å². The van der Waals surface area contributed by atoms with Gasteiger partial charge in [-0.2, -0.15) is 0 Å². The van der Waals surface area contributed by atoms with Crippen LogP contribution < -0.4 is 12.7 Å². The molecule has 0 saturated heterocycles. The average Bonchev–Trinajstić information content (AvgIpc) is 2.99. The Morgan fingerprint density at radius 2 is 0.654 bits per heavy atom. The summed E-state index contributed by atoms with van der Waals surface area (Å²) >= 11 is 8.66. The van der Waals surface area contributed by atoms with E-state index in [1.807, 2.05) is 0 Å². The van der Waals surface area contributed by atoms with Gasteiger partial charge in [0.2, 0.25) is 8.40 Å². The van der Waals surface area contributed by atoms with Crippen molar-refractivity contribution in [2.75, 3.05) is 12.7 Å². The summed E-state index contributed by atoms with van der Waals surface area (Å²) in [5.41, 5.74) is 12.9. The molecule has 3 rings (SSSR count). The molecular weight excluding hydrogens is 718 g/mol. The minimum absolute atomic E-state index is 0.358. The lowest BCUT2D eigenvalue weighted by atomic mass is 9.93. The van der Waals surface area contributed by atoms with E-state index in [-0.39, 0.29) is 0 Å². The second-order valence-electron chi connectivity index (χ2n) is 19.4. The van der Waals surface area contributed by atoms with E-state index in [0.717, 1.165) is 0 Å². The number of nitrogens with zero attached hydrogens (tertiary/aromatic N) is 3. The predicted octanol–water partition coefficient (Wildman–Crippen LogP) is 14.8. The number of para-hydroxylation sites is 3. The molecule has 0 amide bonds. The fourth-order valence-electron chi connectivity index (χ4n) is 8.24. The molecule has 3 aromatic carbocycles. The van der Waals surface area contributed by atoms with Gasteiger partial charge in [-0.3, -0.25) is 0 Å². The van der Waals surface area contributed by atoms with Crippen molar-refractivity contribution in [3.05, 3.63) is 88.0 Å². The van der Waals surface area contributed by atoms with Crippen LogP contribution in [0, 0.1) is 0 Å². The molecule has 0 aliphatic carbocycles. The largest absolute Gasteiger partial charge is 0.409 e. The molecule has 3 aromatic rings. The SMILES string of the molecule is CC(C)c1cccc(C(C)C)c1N([Si](Cl)N(c1c(C(C)C)cccc1C(C)C)[Si](C)(C)N(c1c(C(C)C)cccc1C(C)C)[Si](C)(C)C)[Si](C)(C)C. The van der Waals surface area contributed by atoms with Crippen molar-refractivity contribution >= 4 is 61.4 Å². The summed E-state index contributed by atoms with van der Waals surface area (Å²) in [6.45, 7) is 49.0. The first kappa shape index (κ1) is 44.6. The number of rotatable bonds is 15. The summed E-state index contributed by atoms with van der Waals surface area (Å²) in [6.07, 6.45) is 0. The van der Waals surface area contributed by atoms with Crippen LogP contribution in [0.25, 0.3) is 0 Å². The lowest BCUT2D eigenvalue weighted by Crippen LogP contribution is -2.76. The van der Waals surface area contributed by atoms with Crippen LogP contribution in [0.2, 0.25) is 52.4 Å².